The molecule has 4 nitrogen and oxygen atoms in total. The molecule has 0 aliphatic heterocycles. The van der Waals surface area contributed by atoms with Crippen LogP contribution in [0.25, 0.3) is 0 Å². The van der Waals surface area contributed by atoms with Gasteiger partial charge in [0, 0.05) is 18.2 Å². The molecule has 0 bridgehead atoms. The van der Waals surface area contributed by atoms with E-state index in [2.05, 4.69) is 0 Å². The molecule has 1 aliphatic rings. The molecule has 3 unspecified atom stereocenters. The monoisotopic (exact) mass is 241 g/mol. The van der Waals surface area contributed by atoms with E-state index in [1.165, 1.54) is 6.26 Å². The summed E-state index contributed by atoms with van der Waals surface area (Å²) in [5, 5.41) is -0.430. The van der Waals surface area contributed by atoms with Crippen molar-refractivity contribution >= 4 is 9.84 Å². The number of sulfone groups is 1. The van der Waals surface area contributed by atoms with Gasteiger partial charge in [0.1, 0.15) is 5.75 Å². The molecular formula is C11H15NO3S. The van der Waals surface area contributed by atoms with Gasteiger partial charge >= 0.3 is 0 Å². The third-order valence-corrected chi connectivity index (χ3v) is 4.60. The third kappa shape index (κ3) is 1.92. The molecule has 0 spiro atoms. The summed E-state index contributed by atoms with van der Waals surface area (Å²) in [5.41, 5.74) is 6.75. The molecule has 1 saturated carbocycles. The first-order valence-electron chi connectivity index (χ1n) is 5.03. The lowest BCUT2D eigenvalue weighted by atomic mass is 10.1. The SMILES string of the molecule is COc1ccc(C2C(N)C2S(C)(=O)=O)cc1. The second-order valence-electron chi connectivity index (χ2n) is 4.17. The molecule has 0 saturated heterocycles. The molecule has 1 aliphatic carbocycles. The second kappa shape index (κ2) is 3.75. The van der Waals surface area contributed by atoms with Gasteiger partial charge in [0.2, 0.25) is 0 Å². The van der Waals surface area contributed by atoms with E-state index in [4.69, 9.17) is 10.5 Å². The van der Waals surface area contributed by atoms with E-state index in [0.717, 1.165) is 11.3 Å². The average molecular weight is 241 g/mol. The van der Waals surface area contributed by atoms with Crippen molar-refractivity contribution < 1.29 is 13.2 Å². The van der Waals surface area contributed by atoms with Crippen molar-refractivity contribution in [3.63, 3.8) is 0 Å². The van der Waals surface area contributed by atoms with Crippen LogP contribution in [-0.4, -0.2) is 33.1 Å². The number of rotatable bonds is 3. The fourth-order valence-electron chi connectivity index (χ4n) is 2.10. The maximum Gasteiger partial charge on any atom is 0.152 e. The Kier molecular flexibility index (Phi) is 2.67. The van der Waals surface area contributed by atoms with E-state index < -0.39 is 15.1 Å². The lowest BCUT2D eigenvalue weighted by Gasteiger charge is -2.02. The molecule has 1 aromatic carbocycles. The molecule has 2 N–H and O–H groups in total. The molecule has 1 fully saturated rings. The number of hydrogen-bond donors (Lipinski definition) is 1. The highest BCUT2D eigenvalue weighted by Crippen LogP contribution is 2.44. The Morgan fingerprint density at radius 1 is 1.25 bits per heavy atom. The van der Waals surface area contributed by atoms with Crippen LogP contribution in [0.3, 0.4) is 0 Å². The zero-order chi connectivity index (χ0) is 11.9. The summed E-state index contributed by atoms with van der Waals surface area (Å²) < 4.78 is 27.9. The van der Waals surface area contributed by atoms with Crippen LogP contribution in [0.15, 0.2) is 24.3 Å². The van der Waals surface area contributed by atoms with Crippen molar-refractivity contribution in [1.29, 1.82) is 0 Å². The quantitative estimate of drug-likeness (QED) is 0.838. The van der Waals surface area contributed by atoms with Gasteiger partial charge in [-0.05, 0) is 17.7 Å². The van der Waals surface area contributed by atoms with Crippen molar-refractivity contribution in [1.82, 2.24) is 0 Å². The topological polar surface area (TPSA) is 69.4 Å². The van der Waals surface area contributed by atoms with E-state index in [1.807, 2.05) is 24.3 Å². The minimum absolute atomic E-state index is 0.0686. The van der Waals surface area contributed by atoms with E-state index in [0.29, 0.717) is 0 Å². The predicted molar refractivity (Wildman–Crippen MR) is 62.3 cm³/mol. The van der Waals surface area contributed by atoms with Crippen LogP contribution in [0, 0.1) is 0 Å². The van der Waals surface area contributed by atoms with E-state index in [1.54, 1.807) is 7.11 Å². The fraction of sp³-hybridized carbons (Fsp3) is 0.455. The molecule has 5 heteroatoms. The Balaban J connectivity index is 2.21. The van der Waals surface area contributed by atoms with Crippen molar-refractivity contribution in [3.8, 4) is 5.75 Å². The average Bonchev–Trinajstić information content (AvgIpc) is 2.90. The summed E-state index contributed by atoms with van der Waals surface area (Å²) in [5.74, 6) is 0.690. The molecule has 0 radical (unpaired) electrons. The lowest BCUT2D eigenvalue weighted by Crippen LogP contribution is -2.13. The molecular weight excluding hydrogens is 226 g/mol. The first-order valence-corrected chi connectivity index (χ1v) is 6.99. The number of hydrogen-bond acceptors (Lipinski definition) is 4. The van der Waals surface area contributed by atoms with E-state index in [9.17, 15) is 8.42 Å². The van der Waals surface area contributed by atoms with Gasteiger partial charge < -0.3 is 10.5 Å². The number of methoxy groups -OCH3 is 1. The van der Waals surface area contributed by atoms with Crippen molar-refractivity contribution in [2.45, 2.75) is 17.2 Å². The van der Waals surface area contributed by atoms with Crippen LogP contribution in [0.4, 0.5) is 0 Å². The zero-order valence-corrected chi connectivity index (χ0v) is 10.1. The van der Waals surface area contributed by atoms with Gasteiger partial charge in [-0.25, -0.2) is 8.42 Å². The highest BCUT2D eigenvalue weighted by Gasteiger charge is 2.54. The van der Waals surface area contributed by atoms with Gasteiger partial charge in [0.05, 0.1) is 12.4 Å². The van der Waals surface area contributed by atoms with Gasteiger partial charge in [-0.1, -0.05) is 12.1 Å². The van der Waals surface area contributed by atoms with Crippen LogP contribution in [0.1, 0.15) is 11.5 Å². The fourth-order valence-corrected chi connectivity index (χ4v) is 3.62. The van der Waals surface area contributed by atoms with Crippen molar-refractivity contribution in [2.75, 3.05) is 13.4 Å². The predicted octanol–water partition coefficient (Wildman–Crippen LogP) is 0.533. The Labute approximate surface area is 95.3 Å². The van der Waals surface area contributed by atoms with E-state index >= 15 is 0 Å². The molecule has 16 heavy (non-hydrogen) atoms. The van der Waals surface area contributed by atoms with Crippen molar-refractivity contribution in [2.24, 2.45) is 5.73 Å². The highest BCUT2D eigenvalue weighted by atomic mass is 32.2. The number of benzene rings is 1. The summed E-state index contributed by atoms with van der Waals surface area (Å²) in [7, 11) is -1.45. The maximum atomic E-state index is 11.4. The Bertz CT molecular complexity index is 480. The van der Waals surface area contributed by atoms with Crippen LogP contribution in [0.2, 0.25) is 0 Å². The van der Waals surface area contributed by atoms with Crippen molar-refractivity contribution in [3.05, 3.63) is 29.8 Å². The highest BCUT2D eigenvalue weighted by molar-refractivity contribution is 7.91. The van der Waals surface area contributed by atoms with Gasteiger partial charge in [0.15, 0.2) is 9.84 Å². The summed E-state index contributed by atoms with van der Waals surface area (Å²) in [6, 6.07) is 7.10. The number of ether oxygens (including phenoxy) is 1. The molecule has 0 aromatic heterocycles. The third-order valence-electron chi connectivity index (χ3n) is 3.00. The van der Waals surface area contributed by atoms with Gasteiger partial charge in [0.25, 0.3) is 0 Å². The van der Waals surface area contributed by atoms with Crippen LogP contribution >= 0.6 is 0 Å². The molecule has 2 rings (SSSR count). The van der Waals surface area contributed by atoms with Gasteiger partial charge in [-0.3, -0.25) is 0 Å². The molecule has 0 amide bonds. The zero-order valence-electron chi connectivity index (χ0n) is 9.25. The molecule has 1 aromatic rings. The first-order chi connectivity index (χ1) is 7.45. The van der Waals surface area contributed by atoms with Crippen LogP contribution in [-0.2, 0) is 9.84 Å². The standard InChI is InChI=1S/C11H15NO3S/c1-15-8-5-3-7(4-6-8)9-10(12)11(9)16(2,13)14/h3-6,9-11H,12H2,1-2H3. The Hall–Kier alpha value is -1.07. The lowest BCUT2D eigenvalue weighted by molar-refractivity contribution is 0.414. The molecule has 88 valence electrons. The Morgan fingerprint density at radius 3 is 2.19 bits per heavy atom. The van der Waals surface area contributed by atoms with Gasteiger partial charge in [-0.2, -0.15) is 0 Å². The molecule has 0 heterocycles. The van der Waals surface area contributed by atoms with Crippen LogP contribution in [0.5, 0.6) is 5.75 Å². The summed E-state index contributed by atoms with van der Waals surface area (Å²) in [6.07, 6.45) is 1.24. The number of nitrogens with two attached hydrogens (primary N) is 1. The Morgan fingerprint density at radius 2 is 1.81 bits per heavy atom. The van der Waals surface area contributed by atoms with E-state index in [-0.39, 0.29) is 12.0 Å². The minimum atomic E-state index is -3.05. The smallest absolute Gasteiger partial charge is 0.152 e. The summed E-state index contributed by atoms with van der Waals surface area (Å²) in [4.78, 5) is 0. The van der Waals surface area contributed by atoms with Gasteiger partial charge in [-0.15, -0.1) is 0 Å². The summed E-state index contributed by atoms with van der Waals surface area (Å²) in [6.45, 7) is 0. The second-order valence-corrected chi connectivity index (χ2v) is 6.37. The van der Waals surface area contributed by atoms with Crippen LogP contribution < -0.4 is 10.5 Å². The first kappa shape index (κ1) is 11.4. The summed E-state index contributed by atoms with van der Waals surface area (Å²) >= 11 is 0. The minimum Gasteiger partial charge on any atom is -0.497 e. The maximum absolute atomic E-state index is 11.4. The molecule has 3 atom stereocenters. The largest absolute Gasteiger partial charge is 0.497 e. The normalized spacial score (nSPS) is 28.8.